The summed E-state index contributed by atoms with van der Waals surface area (Å²) in [5, 5.41) is 18.1. The SMILES string of the molecule is Cc1noc(C)c1-c1ccc2nc(N3CCN(C(=O)CO)CC3)nc(NCc3cncc(Cl)c3)c2c1. The fraction of sp³-hybridized carbons (Fsp3) is 0.320. The Hall–Kier alpha value is -3.76. The molecule has 1 fully saturated rings. The number of nitrogens with zero attached hydrogens (tertiary/aromatic N) is 6. The Bertz CT molecular complexity index is 1400. The Balaban J connectivity index is 1.51. The van der Waals surface area contributed by atoms with Crippen LogP contribution in [0.2, 0.25) is 5.02 Å². The summed E-state index contributed by atoms with van der Waals surface area (Å²) in [6.45, 7) is 5.97. The van der Waals surface area contributed by atoms with Gasteiger partial charge in [-0.1, -0.05) is 22.8 Å². The number of anilines is 2. The molecule has 1 aliphatic heterocycles. The third kappa shape index (κ3) is 4.82. The van der Waals surface area contributed by atoms with Crippen LogP contribution in [0.3, 0.4) is 0 Å². The molecular formula is C25H26ClN7O3. The molecule has 0 radical (unpaired) electrons. The fourth-order valence-corrected chi connectivity index (χ4v) is 4.63. The molecule has 1 aromatic carbocycles. The molecule has 5 rings (SSSR count). The van der Waals surface area contributed by atoms with E-state index in [-0.39, 0.29) is 5.91 Å². The number of amides is 1. The van der Waals surface area contributed by atoms with Crippen molar-refractivity contribution < 1.29 is 14.4 Å². The molecule has 1 aliphatic rings. The average molecular weight is 508 g/mol. The summed E-state index contributed by atoms with van der Waals surface area (Å²) < 4.78 is 5.37. The maximum Gasteiger partial charge on any atom is 0.248 e. The lowest BCUT2D eigenvalue weighted by atomic mass is 10.0. The van der Waals surface area contributed by atoms with Crippen molar-refractivity contribution in [3.8, 4) is 11.1 Å². The number of carbonyl (C=O) groups excluding carboxylic acids is 1. The van der Waals surface area contributed by atoms with Gasteiger partial charge in [0, 0.05) is 56.1 Å². The third-order valence-corrected chi connectivity index (χ3v) is 6.48. The standard InChI is InChI=1S/C25H26ClN7O3/c1-15-23(16(2)36-31-15)18-3-4-21-20(10-18)24(28-12-17-9-19(26)13-27-11-17)30-25(29-21)33-7-5-32(6-8-33)22(35)14-34/h3-4,9-11,13,34H,5-8,12,14H2,1-2H3,(H,28,29,30). The summed E-state index contributed by atoms with van der Waals surface area (Å²) in [6, 6.07) is 7.88. The van der Waals surface area contributed by atoms with Crippen LogP contribution in [0.1, 0.15) is 17.0 Å². The molecule has 0 unspecified atom stereocenters. The van der Waals surface area contributed by atoms with Crippen molar-refractivity contribution in [2.75, 3.05) is 43.0 Å². The molecular weight excluding hydrogens is 482 g/mol. The van der Waals surface area contributed by atoms with Crippen LogP contribution in [0.4, 0.5) is 11.8 Å². The highest BCUT2D eigenvalue weighted by Gasteiger charge is 2.23. The molecule has 36 heavy (non-hydrogen) atoms. The van der Waals surface area contributed by atoms with Crippen LogP contribution in [0.5, 0.6) is 0 Å². The average Bonchev–Trinajstić information content (AvgIpc) is 3.24. The van der Waals surface area contributed by atoms with E-state index in [0.29, 0.717) is 49.5 Å². The molecule has 186 valence electrons. The molecule has 1 saturated heterocycles. The minimum absolute atomic E-state index is 0.265. The summed E-state index contributed by atoms with van der Waals surface area (Å²) in [6.07, 6.45) is 3.36. The van der Waals surface area contributed by atoms with E-state index in [4.69, 9.17) is 31.2 Å². The molecule has 1 amide bonds. The van der Waals surface area contributed by atoms with Crippen LogP contribution in [-0.4, -0.2) is 68.8 Å². The van der Waals surface area contributed by atoms with Crippen molar-refractivity contribution in [3.63, 3.8) is 0 Å². The summed E-state index contributed by atoms with van der Waals surface area (Å²) in [4.78, 5) is 29.4. The summed E-state index contributed by atoms with van der Waals surface area (Å²) in [7, 11) is 0. The predicted octanol–water partition coefficient (Wildman–Crippen LogP) is 3.20. The Labute approximate surface area is 212 Å². The highest BCUT2D eigenvalue weighted by Crippen LogP contribution is 2.32. The van der Waals surface area contributed by atoms with Crippen LogP contribution in [-0.2, 0) is 11.3 Å². The van der Waals surface area contributed by atoms with E-state index in [0.717, 1.165) is 39.0 Å². The lowest BCUT2D eigenvalue weighted by Crippen LogP contribution is -2.50. The zero-order valence-electron chi connectivity index (χ0n) is 20.0. The molecule has 4 aromatic rings. The largest absolute Gasteiger partial charge is 0.387 e. The molecule has 0 saturated carbocycles. The van der Waals surface area contributed by atoms with Crippen LogP contribution >= 0.6 is 11.6 Å². The number of rotatable bonds is 6. The van der Waals surface area contributed by atoms with Crippen molar-refractivity contribution >= 4 is 40.2 Å². The third-order valence-electron chi connectivity index (χ3n) is 6.28. The topological polar surface area (TPSA) is 121 Å². The summed E-state index contributed by atoms with van der Waals surface area (Å²) in [5.74, 6) is 1.74. The number of benzene rings is 1. The van der Waals surface area contributed by atoms with Gasteiger partial charge in [0.05, 0.1) is 16.2 Å². The van der Waals surface area contributed by atoms with E-state index >= 15 is 0 Å². The Morgan fingerprint density at radius 3 is 2.64 bits per heavy atom. The second-order valence-electron chi connectivity index (χ2n) is 8.69. The first-order chi connectivity index (χ1) is 17.4. The molecule has 3 aromatic heterocycles. The number of carbonyl (C=O) groups is 1. The van der Waals surface area contributed by atoms with E-state index < -0.39 is 6.61 Å². The van der Waals surface area contributed by atoms with Crippen LogP contribution in [0.15, 0.2) is 41.2 Å². The van der Waals surface area contributed by atoms with Gasteiger partial charge in [-0.25, -0.2) is 4.98 Å². The number of piperazine rings is 1. The number of fused-ring (bicyclic) bond motifs is 1. The molecule has 0 aliphatic carbocycles. The second kappa shape index (κ2) is 10.1. The molecule has 0 spiro atoms. The lowest BCUT2D eigenvalue weighted by molar-refractivity contribution is -0.134. The van der Waals surface area contributed by atoms with E-state index in [1.54, 1.807) is 17.3 Å². The van der Waals surface area contributed by atoms with Gasteiger partial charge in [-0.15, -0.1) is 0 Å². The minimum Gasteiger partial charge on any atom is -0.387 e. The minimum atomic E-state index is -0.480. The van der Waals surface area contributed by atoms with Gasteiger partial charge in [0.1, 0.15) is 18.2 Å². The highest BCUT2D eigenvalue weighted by molar-refractivity contribution is 6.30. The van der Waals surface area contributed by atoms with Crippen LogP contribution in [0.25, 0.3) is 22.0 Å². The normalized spacial score (nSPS) is 13.9. The maximum atomic E-state index is 11.9. The Morgan fingerprint density at radius 2 is 1.94 bits per heavy atom. The quantitative estimate of drug-likeness (QED) is 0.405. The number of pyridine rings is 1. The van der Waals surface area contributed by atoms with Crippen molar-refractivity contribution in [2.24, 2.45) is 0 Å². The van der Waals surface area contributed by atoms with Gasteiger partial charge in [0.15, 0.2) is 0 Å². The number of nitrogens with one attached hydrogen (secondary N) is 1. The fourth-order valence-electron chi connectivity index (χ4n) is 4.44. The smallest absolute Gasteiger partial charge is 0.248 e. The van der Waals surface area contributed by atoms with Gasteiger partial charge in [-0.3, -0.25) is 9.78 Å². The van der Waals surface area contributed by atoms with Gasteiger partial charge in [0.25, 0.3) is 0 Å². The number of halogens is 1. The molecule has 2 N–H and O–H groups in total. The van der Waals surface area contributed by atoms with Gasteiger partial charge in [-0.05, 0) is 43.2 Å². The number of aromatic nitrogens is 4. The maximum absolute atomic E-state index is 11.9. The zero-order chi connectivity index (χ0) is 25.2. The Morgan fingerprint density at radius 1 is 1.14 bits per heavy atom. The van der Waals surface area contributed by atoms with Gasteiger partial charge < -0.3 is 24.7 Å². The summed E-state index contributed by atoms with van der Waals surface area (Å²) in [5.41, 5.74) is 4.46. The zero-order valence-corrected chi connectivity index (χ0v) is 20.8. The first kappa shape index (κ1) is 24.0. The molecule has 10 nitrogen and oxygen atoms in total. The highest BCUT2D eigenvalue weighted by atomic mass is 35.5. The van der Waals surface area contributed by atoms with Crippen molar-refractivity contribution in [1.29, 1.82) is 0 Å². The van der Waals surface area contributed by atoms with E-state index in [9.17, 15) is 4.79 Å². The van der Waals surface area contributed by atoms with E-state index in [1.807, 2.05) is 38.1 Å². The lowest BCUT2D eigenvalue weighted by Gasteiger charge is -2.34. The molecule has 0 bridgehead atoms. The summed E-state index contributed by atoms with van der Waals surface area (Å²) >= 11 is 6.12. The van der Waals surface area contributed by atoms with E-state index in [1.165, 1.54) is 0 Å². The monoisotopic (exact) mass is 507 g/mol. The Kier molecular flexibility index (Phi) is 6.71. The van der Waals surface area contributed by atoms with Gasteiger partial charge in [0.2, 0.25) is 11.9 Å². The first-order valence-electron chi connectivity index (χ1n) is 11.6. The van der Waals surface area contributed by atoms with Gasteiger partial charge in [-0.2, -0.15) is 4.98 Å². The molecule has 0 atom stereocenters. The molecule has 11 heteroatoms. The van der Waals surface area contributed by atoms with Crippen molar-refractivity contribution in [1.82, 2.24) is 25.0 Å². The van der Waals surface area contributed by atoms with Crippen molar-refractivity contribution in [2.45, 2.75) is 20.4 Å². The van der Waals surface area contributed by atoms with Gasteiger partial charge >= 0.3 is 0 Å². The number of aliphatic hydroxyl groups is 1. The van der Waals surface area contributed by atoms with Crippen molar-refractivity contribution in [3.05, 3.63) is 58.7 Å². The second-order valence-corrected chi connectivity index (χ2v) is 9.13. The first-order valence-corrected chi connectivity index (χ1v) is 12.0. The number of hydrogen-bond donors (Lipinski definition) is 2. The van der Waals surface area contributed by atoms with E-state index in [2.05, 4.69) is 20.4 Å². The molecule has 4 heterocycles. The predicted molar refractivity (Wildman–Crippen MR) is 137 cm³/mol. The number of aryl methyl sites for hydroxylation is 2. The number of hydrogen-bond acceptors (Lipinski definition) is 9. The van der Waals surface area contributed by atoms with Crippen LogP contribution in [0, 0.1) is 13.8 Å². The van der Waals surface area contributed by atoms with Crippen LogP contribution < -0.4 is 10.2 Å². The number of aliphatic hydroxyl groups excluding tert-OH is 1.